The van der Waals surface area contributed by atoms with Crippen molar-refractivity contribution in [1.29, 1.82) is 0 Å². The highest BCUT2D eigenvalue weighted by molar-refractivity contribution is 5.95. The summed E-state index contributed by atoms with van der Waals surface area (Å²) in [5.74, 6) is 0.160. The van der Waals surface area contributed by atoms with Gasteiger partial charge >= 0.3 is 5.97 Å². The topological polar surface area (TPSA) is 74.7 Å². The second-order valence-electron chi connectivity index (χ2n) is 3.89. The van der Waals surface area contributed by atoms with Gasteiger partial charge in [0, 0.05) is 17.1 Å². The molecule has 0 radical (unpaired) electrons. The van der Waals surface area contributed by atoms with Gasteiger partial charge in [0.25, 0.3) is 0 Å². The second kappa shape index (κ2) is 6.33. The number of carbonyl (C=O) groups is 1. The van der Waals surface area contributed by atoms with Crippen molar-refractivity contribution in [3.63, 3.8) is 0 Å². The molecule has 0 spiro atoms. The average Bonchev–Trinajstić information content (AvgIpc) is 2.78. The van der Waals surface area contributed by atoms with E-state index in [9.17, 15) is 4.79 Å². The van der Waals surface area contributed by atoms with Gasteiger partial charge in [0.15, 0.2) is 11.3 Å². The summed E-state index contributed by atoms with van der Waals surface area (Å²) in [7, 11) is 1.30. The number of hydrogen-bond donors (Lipinski definition) is 1. The van der Waals surface area contributed by atoms with E-state index in [0.29, 0.717) is 23.6 Å². The Bertz CT molecular complexity index is 579. The van der Waals surface area contributed by atoms with Crippen LogP contribution in [0.2, 0.25) is 0 Å². The van der Waals surface area contributed by atoms with Gasteiger partial charge in [0.05, 0.1) is 13.7 Å². The molecule has 1 aromatic heterocycles. The number of ether oxygens (including phenoxy) is 2. The standard InChI is InChI=1S/C13H15NO4.ClH/c1-3-4-17-10-7-9(14)5-8-6-11(13(15)16-2)18-12(8)10;/h5-7H,3-4,14H2,1-2H3;1H. The third-order valence-corrected chi connectivity index (χ3v) is 2.45. The predicted molar refractivity (Wildman–Crippen MR) is 75.0 cm³/mol. The van der Waals surface area contributed by atoms with Gasteiger partial charge in [-0.25, -0.2) is 4.79 Å². The van der Waals surface area contributed by atoms with Crippen LogP contribution in [0.15, 0.2) is 22.6 Å². The number of halogens is 1. The van der Waals surface area contributed by atoms with Crippen molar-refractivity contribution in [2.45, 2.75) is 13.3 Å². The Morgan fingerprint density at radius 3 is 2.74 bits per heavy atom. The number of methoxy groups -OCH3 is 1. The fourth-order valence-electron chi connectivity index (χ4n) is 1.66. The minimum absolute atomic E-state index is 0. The molecule has 0 saturated carbocycles. The van der Waals surface area contributed by atoms with E-state index in [2.05, 4.69) is 4.74 Å². The molecule has 0 fully saturated rings. The highest BCUT2D eigenvalue weighted by Crippen LogP contribution is 2.32. The molecule has 2 aromatic rings. The van der Waals surface area contributed by atoms with Crippen LogP contribution in [0.1, 0.15) is 23.9 Å². The SMILES string of the molecule is CCCOc1cc(N)cc2cc(C(=O)OC)oc12.Cl. The number of hydrogen-bond acceptors (Lipinski definition) is 5. The number of anilines is 1. The van der Waals surface area contributed by atoms with Crippen molar-refractivity contribution in [2.75, 3.05) is 19.5 Å². The summed E-state index contributed by atoms with van der Waals surface area (Å²) in [5.41, 5.74) is 6.85. The van der Waals surface area contributed by atoms with Crippen LogP contribution >= 0.6 is 12.4 Å². The molecule has 5 nitrogen and oxygen atoms in total. The molecule has 2 N–H and O–H groups in total. The van der Waals surface area contributed by atoms with Crippen LogP contribution in [-0.4, -0.2) is 19.7 Å². The van der Waals surface area contributed by atoms with Crippen molar-refractivity contribution in [1.82, 2.24) is 0 Å². The number of fused-ring (bicyclic) bond motifs is 1. The van der Waals surface area contributed by atoms with Crippen molar-refractivity contribution < 1.29 is 18.7 Å². The molecular formula is C13H16ClNO4. The van der Waals surface area contributed by atoms with Crippen LogP contribution in [0, 0.1) is 0 Å². The first-order chi connectivity index (χ1) is 8.65. The molecule has 0 bridgehead atoms. The van der Waals surface area contributed by atoms with Gasteiger partial charge in [0.2, 0.25) is 5.76 Å². The molecule has 1 aromatic carbocycles. The number of furan rings is 1. The van der Waals surface area contributed by atoms with E-state index in [1.807, 2.05) is 6.92 Å². The van der Waals surface area contributed by atoms with E-state index < -0.39 is 5.97 Å². The van der Waals surface area contributed by atoms with E-state index in [4.69, 9.17) is 14.9 Å². The zero-order valence-electron chi connectivity index (χ0n) is 10.8. The molecule has 104 valence electrons. The van der Waals surface area contributed by atoms with Crippen molar-refractivity contribution >= 4 is 35.0 Å². The van der Waals surface area contributed by atoms with Crippen LogP contribution < -0.4 is 10.5 Å². The van der Waals surface area contributed by atoms with E-state index >= 15 is 0 Å². The molecule has 19 heavy (non-hydrogen) atoms. The Labute approximate surface area is 117 Å². The molecule has 0 aliphatic heterocycles. The van der Waals surface area contributed by atoms with Crippen LogP contribution in [0.3, 0.4) is 0 Å². The fourth-order valence-corrected chi connectivity index (χ4v) is 1.66. The number of esters is 1. The minimum atomic E-state index is -0.522. The monoisotopic (exact) mass is 285 g/mol. The summed E-state index contributed by atoms with van der Waals surface area (Å²) in [6, 6.07) is 5.00. The highest BCUT2D eigenvalue weighted by Gasteiger charge is 2.16. The summed E-state index contributed by atoms with van der Waals surface area (Å²) >= 11 is 0. The first-order valence-electron chi connectivity index (χ1n) is 5.70. The molecule has 0 unspecified atom stereocenters. The van der Waals surface area contributed by atoms with Crippen molar-refractivity contribution in [3.05, 3.63) is 24.0 Å². The van der Waals surface area contributed by atoms with Crippen molar-refractivity contribution in [3.8, 4) is 5.75 Å². The normalized spacial score (nSPS) is 10.0. The Kier molecular flexibility index (Phi) is 5.06. The molecule has 1 heterocycles. The lowest BCUT2D eigenvalue weighted by atomic mass is 10.2. The minimum Gasteiger partial charge on any atom is -0.490 e. The largest absolute Gasteiger partial charge is 0.490 e. The number of benzene rings is 1. The maximum atomic E-state index is 11.4. The zero-order valence-corrected chi connectivity index (χ0v) is 11.6. The first kappa shape index (κ1) is 15.2. The number of rotatable bonds is 4. The lowest BCUT2D eigenvalue weighted by molar-refractivity contribution is 0.0567. The summed E-state index contributed by atoms with van der Waals surface area (Å²) in [6.07, 6.45) is 0.876. The highest BCUT2D eigenvalue weighted by atomic mass is 35.5. The third kappa shape index (κ3) is 3.12. The van der Waals surface area contributed by atoms with E-state index in [0.717, 1.165) is 11.8 Å². The van der Waals surface area contributed by atoms with Gasteiger partial charge < -0.3 is 19.6 Å². The Morgan fingerprint density at radius 2 is 2.11 bits per heavy atom. The second-order valence-corrected chi connectivity index (χ2v) is 3.89. The van der Waals surface area contributed by atoms with Gasteiger partial charge in [-0.05, 0) is 18.6 Å². The molecule has 6 heteroatoms. The molecule has 2 rings (SSSR count). The van der Waals surface area contributed by atoms with E-state index in [1.165, 1.54) is 7.11 Å². The molecule has 0 saturated heterocycles. The first-order valence-corrected chi connectivity index (χ1v) is 5.70. The van der Waals surface area contributed by atoms with Gasteiger partial charge in [0.1, 0.15) is 0 Å². The Hall–Kier alpha value is -1.88. The maximum absolute atomic E-state index is 11.4. The molecule has 0 atom stereocenters. The quantitative estimate of drug-likeness (QED) is 0.690. The van der Waals surface area contributed by atoms with Crippen LogP contribution in [0.5, 0.6) is 5.75 Å². The molecule has 0 aliphatic carbocycles. The van der Waals surface area contributed by atoms with Crippen LogP contribution in [0.4, 0.5) is 5.69 Å². The summed E-state index contributed by atoms with van der Waals surface area (Å²) in [6.45, 7) is 2.57. The van der Waals surface area contributed by atoms with Gasteiger partial charge in [-0.2, -0.15) is 0 Å². The number of carbonyl (C=O) groups excluding carboxylic acids is 1. The maximum Gasteiger partial charge on any atom is 0.373 e. The predicted octanol–water partition coefficient (Wildman–Crippen LogP) is 3.01. The van der Waals surface area contributed by atoms with Gasteiger partial charge in [-0.1, -0.05) is 6.92 Å². The zero-order chi connectivity index (χ0) is 13.1. The van der Waals surface area contributed by atoms with Crippen LogP contribution in [0.25, 0.3) is 11.0 Å². The van der Waals surface area contributed by atoms with E-state index in [1.54, 1.807) is 18.2 Å². The van der Waals surface area contributed by atoms with E-state index in [-0.39, 0.29) is 18.2 Å². The molecule has 0 amide bonds. The Balaban J connectivity index is 0.00000180. The molecule has 0 aliphatic rings. The smallest absolute Gasteiger partial charge is 0.373 e. The van der Waals surface area contributed by atoms with Gasteiger partial charge in [-0.3, -0.25) is 0 Å². The average molecular weight is 286 g/mol. The van der Waals surface area contributed by atoms with Crippen LogP contribution in [-0.2, 0) is 4.74 Å². The number of nitrogen functional groups attached to an aromatic ring is 1. The number of nitrogens with two attached hydrogens (primary N) is 1. The third-order valence-electron chi connectivity index (χ3n) is 2.45. The fraction of sp³-hybridized carbons (Fsp3) is 0.308. The summed E-state index contributed by atoms with van der Waals surface area (Å²) < 4.78 is 15.6. The summed E-state index contributed by atoms with van der Waals surface area (Å²) in [4.78, 5) is 11.4. The lowest BCUT2D eigenvalue weighted by Crippen LogP contribution is -1.98. The Morgan fingerprint density at radius 1 is 1.37 bits per heavy atom. The lowest BCUT2D eigenvalue weighted by Gasteiger charge is -2.05. The molecular weight excluding hydrogens is 270 g/mol. The summed E-state index contributed by atoms with van der Waals surface area (Å²) in [5, 5.41) is 0.724. The van der Waals surface area contributed by atoms with Gasteiger partial charge in [-0.15, -0.1) is 12.4 Å². The van der Waals surface area contributed by atoms with Crippen molar-refractivity contribution in [2.24, 2.45) is 0 Å².